The summed E-state index contributed by atoms with van der Waals surface area (Å²) in [5.74, 6) is -0.179. The summed E-state index contributed by atoms with van der Waals surface area (Å²) in [7, 11) is 0. The molecule has 3 heteroatoms. The number of nitrogens with two attached hydrogens (primary N) is 1. The third kappa shape index (κ3) is 0.898. The van der Waals surface area contributed by atoms with E-state index >= 15 is 0 Å². The molecule has 0 amide bonds. The number of fused-ring (bicyclic) bond motifs is 1. The van der Waals surface area contributed by atoms with E-state index in [1.165, 1.54) is 16.7 Å². The Bertz CT molecular complexity index is 433. The van der Waals surface area contributed by atoms with Gasteiger partial charge in [-0.1, -0.05) is 12.1 Å². The fraction of sp³-hybridized carbons (Fsp3) is 0.111. The Morgan fingerprint density at radius 2 is 2.17 bits per heavy atom. The van der Waals surface area contributed by atoms with Crippen molar-refractivity contribution in [1.29, 1.82) is 0 Å². The minimum atomic E-state index is -0.179. The monoisotopic (exact) mass is 181 g/mol. The quantitative estimate of drug-likeness (QED) is 0.621. The highest BCUT2D eigenvalue weighted by Gasteiger charge is 2.06. The van der Waals surface area contributed by atoms with Crippen molar-refractivity contribution < 1.29 is 4.39 Å². The fourth-order valence-corrected chi connectivity index (χ4v) is 2.12. The smallest absolute Gasteiger partial charge is 0.141 e. The van der Waals surface area contributed by atoms with E-state index in [2.05, 4.69) is 0 Å². The molecule has 0 bridgehead atoms. The second-order valence-corrected chi connectivity index (χ2v) is 3.64. The first-order chi connectivity index (χ1) is 5.70. The molecule has 1 heterocycles. The van der Waals surface area contributed by atoms with Gasteiger partial charge in [0.1, 0.15) is 5.82 Å². The molecule has 12 heavy (non-hydrogen) atoms. The van der Waals surface area contributed by atoms with Crippen molar-refractivity contribution in [2.45, 2.75) is 6.92 Å². The lowest BCUT2D eigenvalue weighted by Gasteiger charge is -1.99. The molecule has 1 aromatic carbocycles. The molecule has 0 radical (unpaired) electrons. The summed E-state index contributed by atoms with van der Waals surface area (Å²) in [5, 5.41) is 2.11. The standard InChI is InChI=1S/C9H8FNS/c1-5-2-3-6-7(10)4-12-9(6)8(5)11/h2-4H,11H2,1H3. The van der Waals surface area contributed by atoms with Gasteiger partial charge >= 0.3 is 0 Å². The zero-order chi connectivity index (χ0) is 8.72. The molecule has 0 saturated heterocycles. The molecule has 0 aliphatic rings. The number of aryl methyl sites for hydroxylation is 1. The molecule has 0 aliphatic carbocycles. The maximum absolute atomic E-state index is 13.0. The molecule has 0 aliphatic heterocycles. The average Bonchev–Trinajstić information content (AvgIpc) is 2.41. The van der Waals surface area contributed by atoms with Crippen LogP contribution in [0.15, 0.2) is 17.5 Å². The normalized spacial score (nSPS) is 10.8. The molecular formula is C9H8FNS. The fourth-order valence-electron chi connectivity index (χ4n) is 1.19. The summed E-state index contributed by atoms with van der Waals surface area (Å²) in [4.78, 5) is 0. The molecule has 62 valence electrons. The number of halogens is 1. The molecule has 1 nitrogen and oxygen atoms in total. The molecule has 1 aromatic heterocycles. The molecule has 0 fully saturated rings. The van der Waals surface area contributed by atoms with Crippen molar-refractivity contribution in [3.8, 4) is 0 Å². The number of rotatable bonds is 0. The van der Waals surface area contributed by atoms with Crippen LogP contribution in [0.1, 0.15) is 5.56 Å². The van der Waals surface area contributed by atoms with Crippen LogP contribution < -0.4 is 5.73 Å². The van der Waals surface area contributed by atoms with Crippen molar-refractivity contribution in [3.05, 3.63) is 28.9 Å². The minimum absolute atomic E-state index is 0.179. The molecule has 2 N–H and O–H groups in total. The maximum Gasteiger partial charge on any atom is 0.141 e. The van der Waals surface area contributed by atoms with Gasteiger partial charge in [0.15, 0.2) is 0 Å². The van der Waals surface area contributed by atoms with Crippen LogP contribution in [-0.4, -0.2) is 0 Å². The average molecular weight is 181 g/mol. The Hall–Kier alpha value is -1.09. The van der Waals surface area contributed by atoms with E-state index in [-0.39, 0.29) is 5.82 Å². The topological polar surface area (TPSA) is 26.0 Å². The summed E-state index contributed by atoms with van der Waals surface area (Å²) in [6.07, 6.45) is 0. The molecule has 0 saturated carbocycles. The second kappa shape index (κ2) is 2.45. The van der Waals surface area contributed by atoms with Gasteiger partial charge in [0.05, 0.1) is 10.4 Å². The van der Waals surface area contributed by atoms with E-state index in [4.69, 9.17) is 5.73 Å². The lowest BCUT2D eigenvalue weighted by atomic mass is 10.1. The van der Waals surface area contributed by atoms with Crippen LogP contribution in [0, 0.1) is 12.7 Å². The van der Waals surface area contributed by atoms with Crippen LogP contribution in [0.2, 0.25) is 0 Å². The number of thiophene rings is 1. The highest BCUT2D eigenvalue weighted by atomic mass is 32.1. The highest BCUT2D eigenvalue weighted by Crippen LogP contribution is 2.31. The summed E-state index contributed by atoms with van der Waals surface area (Å²) in [6.45, 7) is 1.92. The van der Waals surface area contributed by atoms with Crippen molar-refractivity contribution in [2.75, 3.05) is 5.73 Å². The first-order valence-corrected chi connectivity index (χ1v) is 4.50. The van der Waals surface area contributed by atoms with Gasteiger partial charge in [0.25, 0.3) is 0 Å². The maximum atomic E-state index is 13.0. The van der Waals surface area contributed by atoms with Crippen LogP contribution in [0.4, 0.5) is 10.1 Å². The predicted octanol–water partition coefficient (Wildman–Crippen LogP) is 2.93. The van der Waals surface area contributed by atoms with Crippen molar-refractivity contribution in [2.24, 2.45) is 0 Å². The Morgan fingerprint density at radius 3 is 2.92 bits per heavy atom. The van der Waals surface area contributed by atoms with Crippen molar-refractivity contribution in [3.63, 3.8) is 0 Å². The highest BCUT2D eigenvalue weighted by molar-refractivity contribution is 7.17. The van der Waals surface area contributed by atoms with Gasteiger partial charge in [-0.15, -0.1) is 11.3 Å². The first-order valence-electron chi connectivity index (χ1n) is 3.62. The zero-order valence-electron chi connectivity index (χ0n) is 6.60. The summed E-state index contributed by atoms with van der Waals surface area (Å²) in [6, 6.07) is 3.61. The SMILES string of the molecule is Cc1ccc2c(F)csc2c1N. The minimum Gasteiger partial charge on any atom is -0.397 e. The number of nitrogen functional groups attached to an aromatic ring is 1. The summed E-state index contributed by atoms with van der Waals surface area (Å²) in [5.41, 5.74) is 7.48. The van der Waals surface area contributed by atoms with E-state index < -0.39 is 0 Å². The van der Waals surface area contributed by atoms with Crippen LogP contribution in [0.25, 0.3) is 10.1 Å². The Kier molecular flexibility index (Phi) is 1.54. The Labute approximate surface area is 73.6 Å². The third-order valence-corrected chi connectivity index (χ3v) is 2.95. The molecular weight excluding hydrogens is 173 g/mol. The Morgan fingerprint density at radius 1 is 1.42 bits per heavy atom. The second-order valence-electron chi connectivity index (χ2n) is 2.76. The summed E-state index contributed by atoms with van der Waals surface area (Å²) < 4.78 is 13.9. The molecule has 0 unspecified atom stereocenters. The van der Waals surface area contributed by atoms with Crippen LogP contribution in [0.3, 0.4) is 0 Å². The predicted molar refractivity (Wildman–Crippen MR) is 50.9 cm³/mol. The lowest BCUT2D eigenvalue weighted by molar-refractivity contribution is 0.644. The molecule has 2 aromatic rings. The Balaban J connectivity index is 2.93. The van der Waals surface area contributed by atoms with E-state index in [1.54, 1.807) is 6.07 Å². The van der Waals surface area contributed by atoms with Gasteiger partial charge in [0.2, 0.25) is 0 Å². The molecule has 0 spiro atoms. The van der Waals surface area contributed by atoms with Gasteiger partial charge in [0, 0.05) is 10.8 Å². The largest absolute Gasteiger partial charge is 0.397 e. The first kappa shape index (κ1) is 7.55. The molecule has 0 atom stereocenters. The van der Waals surface area contributed by atoms with Crippen molar-refractivity contribution >= 4 is 27.1 Å². The van der Waals surface area contributed by atoms with Gasteiger partial charge in [-0.25, -0.2) is 4.39 Å². The van der Waals surface area contributed by atoms with E-state index in [9.17, 15) is 4.39 Å². The lowest BCUT2D eigenvalue weighted by Crippen LogP contribution is -1.88. The van der Waals surface area contributed by atoms with Gasteiger partial charge < -0.3 is 5.73 Å². The van der Waals surface area contributed by atoms with Crippen LogP contribution >= 0.6 is 11.3 Å². The van der Waals surface area contributed by atoms with Gasteiger partial charge in [-0.2, -0.15) is 0 Å². The summed E-state index contributed by atoms with van der Waals surface area (Å²) >= 11 is 1.35. The van der Waals surface area contributed by atoms with Gasteiger partial charge in [-0.05, 0) is 12.5 Å². The van der Waals surface area contributed by atoms with Crippen molar-refractivity contribution in [1.82, 2.24) is 0 Å². The number of hydrogen-bond donors (Lipinski definition) is 1. The van der Waals surface area contributed by atoms with E-state index in [0.717, 1.165) is 10.3 Å². The van der Waals surface area contributed by atoms with E-state index in [0.29, 0.717) is 11.1 Å². The number of hydrogen-bond acceptors (Lipinski definition) is 2. The molecule has 2 rings (SSSR count). The number of benzene rings is 1. The third-order valence-electron chi connectivity index (χ3n) is 1.95. The van der Waals surface area contributed by atoms with Gasteiger partial charge in [-0.3, -0.25) is 0 Å². The number of anilines is 1. The zero-order valence-corrected chi connectivity index (χ0v) is 7.41. The van der Waals surface area contributed by atoms with Crippen LogP contribution in [-0.2, 0) is 0 Å². The van der Waals surface area contributed by atoms with Crippen LogP contribution in [0.5, 0.6) is 0 Å². The van der Waals surface area contributed by atoms with E-state index in [1.807, 2.05) is 13.0 Å².